The van der Waals surface area contributed by atoms with Crippen LogP contribution in [0.4, 0.5) is 11.4 Å². The first-order valence-electron chi connectivity index (χ1n) is 9.24. The van der Waals surface area contributed by atoms with E-state index in [2.05, 4.69) is 5.32 Å². The molecule has 2 amide bonds. The molecule has 3 rings (SSSR count). The first kappa shape index (κ1) is 19.5. The van der Waals surface area contributed by atoms with E-state index in [1.54, 1.807) is 30.2 Å². The van der Waals surface area contributed by atoms with Gasteiger partial charge >= 0.3 is 0 Å². The molecule has 0 saturated carbocycles. The summed E-state index contributed by atoms with van der Waals surface area (Å²) in [5.41, 5.74) is 2.50. The van der Waals surface area contributed by atoms with E-state index in [1.807, 2.05) is 43.3 Å². The standard InChI is InChI=1S/C22H24N2O4/c1-3-5-16-7-12-19(20(14-16)27-2)28-15-21(25)23-17-8-10-18(11-9-17)24-13-4-6-22(24)26/h3,5,7-12,14H,4,6,13,15H2,1-2H3,(H,23,25)/b5-3+. The average Bonchev–Trinajstić information content (AvgIpc) is 3.13. The van der Waals surface area contributed by atoms with Gasteiger partial charge in [-0.05, 0) is 55.3 Å². The van der Waals surface area contributed by atoms with E-state index in [9.17, 15) is 9.59 Å². The molecule has 0 bridgehead atoms. The molecule has 146 valence electrons. The molecule has 2 aromatic carbocycles. The molecule has 0 atom stereocenters. The number of hydrogen-bond acceptors (Lipinski definition) is 4. The van der Waals surface area contributed by atoms with Crippen LogP contribution in [0, 0.1) is 0 Å². The quantitative estimate of drug-likeness (QED) is 0.792. The van der Waals surface area contributed by atoms with Gasteiger partial charge in [0.25, 0.3) is 5.91 Å². The van der Waals surface area contributed by atoms with Crippen molar-refractivity contribution >= 4 is 29.3 Å². The van der Waals surface area contributed by atoms with Crippen molar-refractivity contribution in [3.63, 3.8) is 0 Å². The van der Waals surface area contributed by atoms with Crippen molar-refractivity contribution < 1.29 is 19.1 Å². The normalized spacial score (nSPS) is 13.8. The lowest BCUT2D eigenvalue weighted by Gasteiger charge is -2.16. The highest BCUT2D eigenvalue weighted by atomic mass is 16.5. The second-order valence-corrected chi connectivity index (χ2v) is 6.44. The lowest BCUT2D eigenvalue weighted by Crippen LogP contribution is -2.23. The van der Waals surface area contributed by atoms with Crippen molar-refractivity contribution in [2.45, 2.75) is 19.8 Å². The summed E-state index contributed by atoms with van der Waals surface area (Å²) in [6.45, 7) is 2.55. The molecule has 6 heteroatoms. The third-order valence-corrected chi connectivity index (χ3v) is 4.44. The van der Waals surface area contributed by atoms with Gasteiger partial charge in [0.2, 0.25) is 5.91 Å². The number of rotatable bonds is 7. The molecule has 0 aliphatic carbocycles. The van der Waals surface area contributed by atoms with Crippen molar-refractivity contribution in [2.75, 3.05) is 30.5 Å². The minimum absolute atomic E-state index is 0.133. The van der Waals surface area contributed by atoms with Gasteiger partial charge in [-0.2, -0.15) is 0 Å². The fourth-order valence-corrected chi connectivity index (χ4v) is 3.09. The van der Waals surface area contributed by atoms with Gasteiger partial charge in [-0.15, -0.1) is 0 Å². The van der Waals surface area contributed by atoms with Crippen LogP contribution in [0.5, 0.6) is 11.5 Å². The van der Waals surface area contributed by atoms with E-state index in [0.717, 1.165) is 24.2 Å². The smallest absolute Gasteiger partial charge is 0.262 e. The molecule has 0 unspecified atom stereocenters. The summed E-state index contributed by atoms with van der Waals surface area (Å²) >= 11 is 0. The van der Waals surface area contributed by atoms with E-state index >= 15 is 0 Å². The van der Waals surface area contributed by atoms with Crippen LogP contribution in [0.3, 0.4) is 0 Å². The number of allylic oxidation sites excluding steroid dienone is 1. The Kier molecular flexibility index (Phi) is 6.32. The number of methoxy groups -OCH3 is 1. The Balaban J connectivity index is 1.56. The van der Waals surface area contributed by atoms with Crippen molar-refractivity contribution in [3.8, 4) is 11.5 Å². The highest BCUT2D eigenvalue weighted by Gasteiger charge is 2.21. The van der Waals surface area contributed by atoms with Crippen LogP contribution >= 0.6 is 0 Å². The van der Waals surface area contributed by atoms with Gasteiger partial charge in [0.15, 0.2) is 18.1 Å². The Hall–Kier alpha value is -3.28. The van der Waals surface area contributed by atoms with E-state index in [4.69, 9.17) is 9.47 Å². The monoisotopic (exact) mass is 380 g/mol. The zero-order chi connectivity index (χ0) is 19.9. The highest BCUT2D eigenvalue weighted by molar-refractivity contribution is 5.96. The van der Waals surface area contributed by atoms with Gasteiger partial charge in [0, 0.05) is 24.3 Å². The fraction of sp³-hybridized carbons (Fsp3) is 0.273. The Morgan fingerprint density at radius 2 is 1.96 bits per heavy atom. The van der Waals surface area contributed by atoms with E-state index in [1.165, 1.54) is 0 Å². The number of benzene rings is 2. The van der Waals surface area contributed by atoms with Gasteiger partial charge in [0.05, 0.1) is 7.11 Å². The zero-order valence-electron chi connectivity index (χ0n) is 16.1. The van der Waals surface area contributed by atoms with Crippen LogP contribution in [0.15, 0.2) is 48.5 Å². The maximum atomic E-state index is 12.2. The molecule has 0 radical (unpaired) electrons. The summed E-state index contributed by atoms with van der Waals surface area (Å²) < 4.78 is 10.9. The fourth-order valence-electron chi connectivity index (χ4n) is 3.09. The van der Waals surface area contributed by atoms with Crippen LogP contribution in [0.25, 0.3) is 6.08 Å². The van der Waals surface area contributed by atoms with E-state index in [-0.39, 0.29) is 18.4 Å². The molecule has 1 aliphatic heterocycles. The third kappa shape index (κ3) is 4.71. The number of anilines is 2. The molecule has 28 heavy (non-hydrogen) atoms. The Morgan fingerprint density at radius 1 is 1.18 bits per heavy atom. The Morgan fingerprint density at radius 3 is 2.61 bits per heavy atom. The SMILES string of the molecule is C/C=C/c1ccc(OCC(=O)Nc2ccc(N3CCCC3=O)cc2)c(OC)c1. The van der Waals surface area contributed by atoms with Gasteiger partial charge in [0.1, 0.15) is 0 Å². The van der Waals surface area contributed by atoms with E-state index in [0.29, 0.717) is 23.6 Å². The van der Waals surface area contributed by atoms with Crippen LogP contribution in [-0.2, 0) is 9.59 Å². The van der Waals surface area contributed by atoms with Gasteiger partial charge in [-0.1, -0.05) is 18.2 Å². The second-order valence-electron chi connectivity index (χ2n) is 6.44. The molecule has 1 saturated heterocycles. The number of carbonyl (C=O) groups is 2. The summed E-state index contributed by atoms with van der Waals surface area (Å²) in [5.74, 6) is 0.945. The van der Waals surface area contributed by atoms with E-state index < -0.39 is 0 Å². The topological polar surface area (TPSA) is 67.9 Å². The molecule has 2 aromatic rings. The average molecular weight is 380 g/mol. The summed E-state index contributed by atoms with van der Waals surface area (Å²) in [6, 6.07) is 12.8. The summed E-state index contributed by atoms with van der Waals surface area (Å²) in [4.78, 5) is 25.8. The lowest BCUT2D eigenvalue weighted by molar-refractivity contribution is -0.118. The van der Waals surface area contributed by atoms with Crippen molar-refractivity contribution in [2.24, 2.45) is 0 Å². The zero-order valence-corrected chi connectivity index (χ0v) is 16.1. The van der Waals surface area contributed by atoms with Crippen LogP contribution in [-0.4, -0.2) is 32.1 Å². The summed E-state index contributed by atoms with van der Waals surface area (Å²) in [6.07, 6.45) is 5.37. The van der Waals surface area contributed by atoms with Crippen molar-refractivity contribution in [1.29, 1.82) is 0 Å². The number of nitrogens with one attached hydrogen (secondary N) is 1. The maximum absolute atomic E-state index is 12.2. The van der Waals surface area contributed by atoms with Crippen molar-refractivity contribution in [1.82, 2.24) is 0 Å². The highest BCUT2D eigenvalue weighted by Crippen LogP contribution is 2.28. The Labute approximate surface area is 164 Å². The number of nitrogens with zero attached hydrogens (tertiary/aromatic N) is 1. The maximum Gasteiger partial charge on any atom is 0.262 e. The first-order valence-corrected chi connectivity index (χ1v) is 9.24. The molecule has 0 aromatic heterocycles. The van der Waals surface area contributed by atoms with Gasteiger partial charge < -0.3 is 19.7 Å². The summed E-state index contributed by atoms with van der Waals surface area (Å²) in [5, 5.41) is 2.79. The van der Waals surface area contributed by atoms with Crippen molar-refractivity contribution in [3.05, 3.63) is 54.1 Å². The molecule has 6 nitrogen and oxygen atoms in total. The van der Waals surface area contributed by atoms with Gasteiger partial charge in [-0.25, -0.2) is 0 Å². The first-order chi connectivity index (χ1) is 13.6. The Bertz CT molecular complexity index is 875. The third-order valence-electron chi connectivity index (χ3n) is 4.44. The minimum Gasteiger partial charge on any atom is -0.493 e. The molecule has 1 aliphatic rings. The molecule has 0 spiro atoms. The lowest BCUT2D eigenvalue weighted by atomic mass is 10.2. The molecule has 1 heterocycles. The summed E-state index contributed by atoms with van der Waals surface area (Å²) in [7, 11) is 1.56. The molecular weight excluding hydrogens is 356 g/mol. The van der Waals surface area contributed by atoms with Crippen LogP contribution < -0.4 is 19.7 Å². The molecule has 1 fully saturated rings. The van der Waals surface area contributed by atoms with Gasteiger partial charge in [-0.3, -0.25) is 9.59 Å². The minimum atomic E-state index is -0.274. The number of ether oxygens (including phenoxy) is 2. The molecule has 1 N–H and O–H groups in total. The van der Waals surface area contributed by atoms with Crippen LogP contribution in [0.2, 0.25) is 0 Å². The molecular formula is C22H24N2O4. The van der Waals surface area contributed by atoms with Crippen LogP contribution in [0.1, 0.15) is 25.3 Å². The number of hydrogen-bond donors (Lipinski definition) is 1. The largest absolute Gasteiger partial charge is 0.493 e. The second kappa shape index (κ2) is 9.08. The predicted molar refractivity (Wildman–Crippen MR) is 110 cm³/mol. The predicted octanol–water partition coefficient (Wildman–Crippen LogP) is 3.87. The number of carbonyl (C=O) groups excluding carboxylic acids is 2. The number of amides is 2.